The second-order valence-corrected chi connectivity index (χ2v) is 6.92. The normalized spacial score (nSPS) is 16.8. The molecule has 0 aliphatic carbocycles. The molecule has 5 nitrogen and oxygen atoms in total. The third-order valence-corrected chi connectivity index (χ3v) is 4.61. The summed E-state index contributed by atoms with van der Waals surface area (Å²) in [6.45, 7) is 4.02. The van der Waals surface area contributed by atoms with Crippen molar-refractivity contribution in [3.05, 3.63) is 59.0 Å². The van der Waals surface area contributed by atoms with Crippen molar-refractivity contribution in [1.82, 2.24) is 10.6 Å². The number of guanidine groups is 1. The second-order valence-electron chi connectivity index (χ2n) is 6.48. The van der Waals surface area contributed by atoms with Crippen molar-refractivity contribution >= 4 is 41.5 Å². The van der Waals surface area contributed by atoms with E-state index < -0.39 is 0 Å². The number of furan rings is 1. The van der Waals surface area contributed by atoms with Crippen molar-refractivity contribution in [2.45, 2.75) is 19.3 Å². The van der Waals surface area contributed by atoms with E-state index in [1.165, 1.54) is 5.56 Å². The minimum atomic E-state index is 0. The zero-order valence-electron chi connectivity index (χ0n) is 15.3. The van der Waals surface area contributed by atoms with Gasteiger partial charge in [-0.2, -0.15) is 0 Å². The van der Waals surface area contributed by atoms with Gasteiger partial charge in [-0.05, 0) is 42.7 Å². The van der Waals surface area contributed by atoms with Crippen LogP contribution in [0.25, 0.3) is 0 Å². The van der Waals surface area contributed by atoms with Crippen LogP contribution in [0.15, 0.2) is 52.1 Å². The summed E-state index contributed by atoms with van der Waals surface area (Å²) in [5, 5.41) is 7.58. The van der Waals surface area contributed by atoms with Gasteiger partial charge in [-0.1, -0.05) is 23.7 Å². The fourth-order valence-electron chi connectivity index (χ4n) is 2.90. The minimum Gasteiger partial charge on any atom is -0.469 e. The largest absolute Gasteiger partial charge is 0.469 e. The van der Waals surface area contributed by atoms with E-state index in [0.717, 1.165) is 68.9 Å². The number of ether oxygens (including phenoxy) is 1. The molecule has 2 N–H and O–H groups in total. The summed E-state index contributed by atoms with van der Waals surface area (Å²) in [5.74, 6) is 2.33. The Kier molecular flexibility index (Phi) is 10.0. The highest BCUT2D eigenvalue weighted by molar-refractivity contribution is 14.0. The quantitative estimate of drug-likeness (QED) is 0.326. The Labute approximate surface area is 182 Å². The molecule has 1 aliphatic rings. The second kappa shape index (κ2) is 12.3. The zero-order valence-corrected chi connectivity index (χ0v) is 18.4. The van der Waals surface area contributed by atoms with Gasteiger partial charge in [-0.3, -0.25) is 4.99 Å². The molecule has 0 spiro atoms. The van der Waals surface area contributed by atoms with Gasteiger partial charge in [0.2, 0.25) is 0 Å². The summed E-state index contributed by atoms with van der Waals surface area (Å²) in [4.78, 5) is 4.73. The monoisotopic (exact) mass is 503 g/mol. The number of nitrogens with zero attached hydrogens (tertiary/aromatic N) is 1. The Morgan fingerprint density at radius 1 is 1.15 bits per heavy atom. The molecule has 1 fully saturated rings. The van der Waals surface area contributed by atoms with Crippen molar-refractivity contribution in [2.75, 3.05) is 32.8 Å². The fourth-order valence-corrected chi connectivity index (χ4v) is 3.11. The molecule has 0 saturated carbocycles. The lowest BCUT2D eigenvalue weighted by Crippen LogP contribution is -2.39. The topological polar surface area (TPSA) is 58.8 Å². The van der Waals surface area contributed by atoms with Gasteiger partial charge in [0.05, 0.1) is 12.9 Å². The Balaban J connectivity index is 0.00000261. The van der Waals surface area contributed by atoms with Crippen molar-refractivity contribution < 1.29 is 9.15 Å². The summed E-state index contributed by atoms with van der Waals surface area (Å²) >= 11 is 6.05. The highest BCUT2D eigenvalue weighted by Crippen LogP contribution is 2.12. The maximum Gasteiger partial charge on any atom is 0.191 e. The molecule has 0 radical (unpaired) electrons. The van der Waals surface area contributed by atoms with Gasteiger partial charge >= 0.3 is 0 Å². The number of rotatable bonds is 8. The zero-order chi connectivity index (χ0) is 18.0. The third kappa shape index (κ3) is 8.11. The molecule has 1 unspecified atom stereocenters. The summed E-state index contributed by atoms with van der Waals surface area (Å²) in [7, 11) is 0. The SMILES string of the molecule is Clc1cccc(CCNC(=NCC2CCOC2)NCCc2ccco2)c1.I. The predicted molar refractivity (Wildman–Crippen MR) is 120 cm³/mol. The number of halogens is 2. The van der Waals surface area contributed by atoms with Crippen LogP contribution in [-0.2, 0) is 17.6 Å². The third-order valence-electron chi connectivity index (χ3n) is 4.37. The van der Waals surface area contributed by atoms with Gasteiger partial charge in [0, 0.05) is 43.6 Å². The van der Waals surface area contributed by atoms with Crippen molar-refractivity contribution in [3.8, 4) is 0 Å². The van der Waals surface area contributed by atoms with Crippen LogP contribution in [0.3, 0.4) is 0 Å². The molecule has 7 heteroatoms. The fraction of sp³-hybridized carbons (Fsp3) is 0.450. The first-order valence-corrected chi connectivity index (χ1v) is 9.54. The molecule has 1 aromatic heterocycles. The first kappa shape index (κ1) is 22.0. The van der Waals surface area contributed by atoms with Gasteiger partial charge in [0.25, 0.3) is 0 Å². The molecule has 3 rings (SSSR count). The Morgan fingerprint density at radius 3 is 2.70 bits per heavy atom. The molecule has 2 aromatic rings. The first-order valence-electron chi connectivity index (χ1n) is 9.16. The maximum absolute atomic E-state index is 6.05. The summed E-state index contributed by atoms with van der Waals surface area (Å²) in [6, 6.07) is 11.9. The van der Waals surface area contributed by atoms with E-state index in [1.807, 2.05) is 30.3 Å². The lowest BCUT2D eigenvalue weighted by atomic mass is 10.1. The molecule has 1 aliphatic heterocycles. The van der Waals surface area contributed by atoms with Crippen LogP contribution in [0.5, 0.6) is 0 Å². The average Bonchev–Trinajstić information content (AvgIpc) is 3.33. The Hall–Kier alpha value is -1.25. The van der Waals surface area contributed by atoms with Gasteiger partial charge in [0.1, 0.15) is 5.76 Å². The van der Waals surface area contributed by atoms with Crippen LogP contribution < -0.4 is 10.6 Å². The molecule has 148 valence electrons. The van der Waals surface area contributed by atoms with E-state index in [4.69, 9.17) is 25.7 Å². The molecule has 1 atom stereocenters. The van der Waals surface area contributed by atoms with E-state index in [1.54, 1.807) is 6.26 Å². The van der Waals surface area contributed by atoms with Gasteiger partial charge in [0.15, 0.2) is 5.96 Å². The lowest BCUT2D eigenvalue weighted by Gasteiger charge is -2.13. The van der Waals surface area contributed by atoms with Gasteiger partial charge in [-0.25, -0.2) is 0 Å². The highest BCUT2D eigenvalue weighted by Gasteiger charge is 2.15. The minimum absolute atomic E-state index is 0. The Bertz CT molecular complexity index is 688. The first-order chi connectivity index (χ1) is 12.8. The van der Waals surface area contributed by atoms with Crippen LogP contribution in [0.1, 0.15) is 17.7 Å². The Morgan fingerprint density at radius 2 is 2.00 bits per heavy atom. The summed E-state index contributed by atoms with van der Waals surface area (Å²) in [5.41, 5.74) is 1.21. The summed E-state index contributed by atoms with van der Waals surface area (Å²) < 4.78 is 10.8. The highest BCUT2D eigenvalue weighted by atomic mass is 127. The molecule has 27 heavy (non-hydrogen) atoms. The van der Waals surface area contributed by atoms with Crippen molar-refractivity contribution in [3.63, 3.8) is 0 Å². The van der Waals surface area contributed by atoms with Crippen molar-refractivity contribution in [1.29, 1.82) is 0 Å². The van der Waals surface area contributed by atoms with Crippen LogP contribution in [-0.4, -0.2) is 38.8 Å². The number of benzene rings is 1. The van der Waals surface area contributed by atoms with E-state index in [-0.39, 0.29) is 24.0 Å². The van der Waals surface area contributed by atoms with E-state index in [2.05, 4.69) is 16.7 Å². The number of nitrogens with one attached hydrogen (secondary N) is 2. The smallest absolute Gasteiger partial charge is 0.191 e. The number of hydrogen-bond acceptors (Lipinski definition) is 3. The molecule has 1 saturated heterocycles. The number of aliphatic imine (C=N–C) groups is 1. The lowest BCUT2D eigenvalue weighted by molar-refractivity contribution is 0.187. The standard InChI is InChI=1S/C20H26ClN3O2.HI/c21-18-4-1-3-16(13-18)6-9-22-20(24-14-17-8-12-25-15-17)23-10-7-19-5-2-11-26-19;/h1-5,11,13,17H,6-10,12,14-15H2,(H2,22,23,24);1H. The molecular formula is C20H27ClIN3O2. The van der Waals surface area contributed by atoms with E-state index in [9.17, 15) is 0 Å². The van der Waals surface area contributed by atoms with Crippen LogP contribution in [0.2, 0.25) is 5.02 Å². The molecule has 1 aromatic carbocycles. The summed E-state index contributed by atoms with van der Waals surface area (Å²) in [6.07, 6.45) is 4.51. The van der Waals surface area contributed by atoms with Gasteiger partial charge in [-0.15, -0.1) is 24.0 Å². The van der Waals surface area contributed by atoms with Crippen LogP contribution in [0.4, 0.5) is 0 Å². The molecular weight excluding hydrogens is 477 g/mol. The van der Waals surface area contributed by atoms with Crippen molar-refractivity contribution in [2.24, 2.45) is 10.9 Å². The molecule has 0 bridgehead atoms. The van der Waals surface area contributed by atoms with Gasteiger partial charge < -0.3 is 19.8 Å². The molecule has 0 amide bonds. The van der Waals surface area contributed by atoms with E-state index >= 15 is 0 Å². The number of hydrogen-bond donors (Lipinski definition) is 2. The predicted octanol–water partition coefficient (Wildman–Crippen LogP) is 3.91. The molecule has 2 heterocycles. The van der Waals surface area contributed by atoms with E-state index in [0.29, 0.717) is 5.92 Å². The maximum atomic E-state index is 6.05. The van der Waals surface area contributed by atoms with Crippen LogP contribution >= 0.6 is 35.6 Å². The average molecular weight is 504 g/mol. The van der Waals surface area contributed by atoms with Crippen LogP contribution in [0, 0.1) is 5.92 Å².